The van der Waals surface area contributed by atoms with Crippen molar-refractivity contribution in [2.75, 3.05) is 58.9 Å². The van der Waals surface area contributed by atoms with Crippen LogP contribution in [0.25, 0.3) is 0 Å². The zero-order valence-corrected chi connectivity index (χ0v) is 11.1. The lowest BCUT2D eigenvalue weighted by Gasteiger charge is -2.08. The van der Waals surface area contributed by atoms with E-state index in [2.05, 4.69) is 21.3 Å². The average molecular weight is 263 g/mol. The van der Waals surface area contributed by atoms with Gasteiger partial charge in [0.2, 0.25) is 0 Å². The first kappa shape index (κ1) is 17.7. The van der Waals surface area contributed by atoms with Gasteiger partial charge in [-0.2, -0.15) is 0 Å². The van der Waals surface area contributed by atoms with Crippen LogP contribution in [0, 0.1) is 0 Å². The quantitative estimate of drug-likeness (QED) is 0.132. The van der Waals surface area contributed by atoms with E-state index in [-0.39, 0.29) is 0 Å². The Morgan fingerprint density at radius 1 is 0.667 bits per heavy atom. The second kappa shape index (κ2) is 14.8. The van der Waals surface area contributed by atoms with Gasteiger partial charge < -0.3 is 37.2 Å². The van der Waals surface area contributed by atoms with Gasteiger partial charge in [-0.25, -0.2) is 0 Å². The maximum absolute atomic E-state index is 8.61. The lowest BCUT2D eigenvalue weighted by Crippen LogP contribution is -2.36. The van der Waals surface area contributed by atoms with Crippen molar-refractivity contribution in [2.24, 2.45) is 5.73 Å². The van der Waals surface area contributed by atoms with Crippen LogP contribution in [0.5, 0.6) is 0 Å². The number of rotatable bonds is 14. The zero-order chi connectivity index (χ0) is 13.5. The van der Waals surface area contributed by atoms with Gasteiger partial charge in [-0.15, -0.1) is 0 Å². The van der Waals surface area contributed by atoms with Gasteiger partial charge in [0.05, 0.1) is 0 Å². The number of nitrogens with one attached hydrogen (secondary N) is 4. The standard InChI is InChI=1S/C11H29N5O2/c12-2-4-14-6-8-16-10-9-15-7-5-13-3-1-11(17)18/h11,13-18H,1-10,12H2. The summed E-state index contributed by atoms with van der Waals surface area (Å²) in [5.74, 6) is 0. The molecule has 0 aromatic heterocycles. The SMILES string of the molecule is NCCNCCNCCNCCNCCC(O)O. The molecule has 0 aliphatic heterocycles. The molecule has 0 fully saturated rings. The van der Waals surface area contributed by atoms with Crippen molar-refractivity contribution in [3.63, 3.8) is 0 Å². The molecule has 0 aromatic rings. The van der Waals surface area contributed by atoms with Crippen LogP contribution in [0.3, 0.4) is 0 Å². The Bertz CT molecular complexity index is 160. The first-order valence-corrected chi connectivity index (χ1v) is 6.66. The van der Waals surface area contributed by atoms with Crippen molar-refractivity contribution in [3.8, 4) is 0 Å². The number of aliphatic hydroxyl groups is 2. The van der Waals surface area contributed by atoms with Crippen LogP contribution in [0.1, 0.15) is 6.42 Å². The Kier molecular flexibility index (Phi) is 14.5. The Hall–Kier alpha value is -0.280. The van der Waals surface area contributed by atoms with E-state index in [1.165, 1.54) is 0 Å². The maximum Gasteiger partial charge on any atom is 0.152 e. The highest BCUT2D eigenvalue weighted by molar-refractivity contribution is 4.56. The molecular weight excluding hydrogens is 234 g/mol. The van der Waals surface area contributed by atoms with Gasteiger partial charge >= 0.3 is 0 Å². The van der Waals surface area contributed by atoms with Crippen LogP contribution in [0.2, 0.25) is 0 Å². The molecule has 18 heavy (non-hydrogen) atoms. The molecule has 0 saturated carbocycles. The van der Waals surface area contributed by atoms with Gasteiger partial charge in [-0.1, -0.05) is 0 Å². The van der Waals surface area contributed by atoms with Gasteiger partial charge in [-0.05, 0) is 6.54 Å². The van der Waals surface area contributed by atoms with E-state index >= 15 is 0 Å². The van der Waals surface area contributed by atoms with Crippen molar-refractivity contribution < 1.29 is 10.2 Å². The van der Waals surface area contributed by atoms with E-state index in [1.54, 1.807) is 0 Å². The molecular formula is C11H29N5O2. The third-order valence-electron chi connectivity index (χ3n) is 2.34. The third kappa shape index (κ3) is 15.7. The van der Waals surface area contributed by atoms with Crippen LogP contribution in [0.4, 0.5) is 0 Å². The lowest BCUT2D eigenvalue weighted by atomic mass is 10.4. The molecule has 8 N–H and O–H groups in total. The van der Waals surface area contributed by atoms with Crippen LogP contribution in [-0.2, 0) is 0 Å². The second-order valence-electron chi connectivity index (χ2n) is 4.06. The summed E-state index contributed by atoms with van der Waals surface area (Å²) in [5, 5.41) is 30.1. The molecule has 7 heteroatoms. The Labute approximate surface area is 110 Å². The fourth-order valence-electron chi connectivity index (χ4n) is 1.36. The molecule has 0 saturated heterocycles. The summed E-state index contributed by atoms with van der Waals surface area (Å²) in [5.41, 5.74) is 5.35. The predicted molar refractivity (Wildman–Crippen MR) is 73.4 cm³/mol. The first-order chi connectivity index (χ1) is 8.77. The fourth-order valence-corrected chi connectivity index (χ4v) is 1.36. The molecule has 0 aliphatic carbocycles. The number of hydrogen-bond donors (Lipinski definition) is 7. The molecule has 0 rings (SSSR count). The van der Waals surface area contributed by atoms with Crippen LogP contribution in [0.15, 0.2) is 0 Å². The molecule has 0 aliphatic rings. The van der Waals surface area contributed by atoms with Crippen molar-refractivity contribution in [3.05, 3.63) is 0 Å². The topological polar surface area (TPSA) is 115 Å². The van der Waals surface area contributed by atoms with Gasteiger partial charge in [0, 0.05) is 58.8 Å². The maximum atomic E-state index is 8.61. The minimum absolute atomic E-state index is 0.372. The molecule has 0 atom stereocenters. The fraction of sp³-hybridized carbons (Fsp3) is 1.00. The monoisotopic (exact) mass is 263 g/mol. The van der Waals surface area contributed by atoms with E-state index in [4.69, 9.17) is 15.9 Å². The Morgan fingerprint density at radius 2 is 1.06 bits per heavy atom. The molecule has 0 aromatic carbocycles. The first-order valence-electron chi connectivity index (χ1n) is 6.66. The molecule has 110 valence electrons. The Morgan fingerprint density at radius 3 is 1.44 bits per heavy atom. The van der Waals surface area contributed by atoms with Crippen LogP contribution in [-0.4, -0.2) is 75.4 Å². The molecule has 0 radical (unpaired) electrons. The summed E-state index contributed by atoms with van der Waals surface area (Å²) < 4.78 is 0. The number of hydrogen-bond acceptors (Lipinski definition) is 7. The van der Waals surface area contributed by atoms with Crippen LogP contribution >= 0.6 is 0 Å². The molecule has 0 bridgehead atoms. The van der Waals surface area contributed by atoms with E-state index in [0.29, 0.717) is 19.5 Å². The number of nitrogens with two attached hydrogens (primary N) is 1. The predicted octanol–water partition coefficient (Wildman–Crippen LogP) is -3.00. The van der Waals surface area contributed by atoms with Gasteiger partial charge in [0.1, 0.15) is 0 Å². The largest absolute Gasteiger partial charge is 0.368 e. The molecule has 0 unspecified atom stereocenters. The van der Waals surface area contributed by atoms with E-state index in [1.807, 2.05) is 0 Å². The van der Waals surface area contributed by atoms with Crippen molar-refractivity contribution in [1.82, 2.24) is 21.3 Å². The van der Waals surface area contributed by atoms with E-state index in [0.717, 1.165) is 45.8 Å². The van der Waals surface area contributed by atoms with E-state index < -0.39 is 6.29 Å². The highest BCUT2D eigenvalue weighted by Gasteiger charge is 1.95. The number of aliphatic hydroxyl groups excluding tert-OH is 1. The Balaban J connectivity index is 2.90. The van der Waals surface area contributed by atoms with Crippen LogP contribution < -0.4 is 27.0 Å². The second-order valence-corrected chi connectivity index (χ2v) is 4.06. The molecule has 0 heterocycles. The lowest BCUT2D eigenvalue weighted by molar-refractivity contribution is -0.0443. The van der Waals surface area contributed by atoms with Crippen molar-refractivity contribution in [1.29, 1.82) is 0 Å². The van der Waals surface area contributed by atoms with E-state index in [9.17, 15) is 0 Å². The van der Waals surface area contributed by atoms with Gasteiger partial charge in [0.15, 0.2) is 6.29 Å². The van der Waals surface area contributed by atoms with Crippen molar-refractivity contribution in [2.45, 2.75) is 12.7 Å². The summed E-state index contributed by atoms with van der Waals surface area (Å²) in [6.45, 7) is 7.68. The summed E-state index contributed by atoms with van der Waals surface area (Å²) in [4.78, 5) is 0. The van der Waals surface area contributed by atoms with Gasteiger partial charge in [0.25, 0.3) is 0 Å². The third-order valence-corrected chi connectivity index (χ3v) is 2.34. The minimum Gasteiger partial charge on any atom is -0.368 e. The molecule has 0 amide bonds. The highest BCUT2D eigenvalue weighted by Crippen LogP contribution is 1.80. The average Bonchev–Trinajstić information content (AvgIpc) is 2.34. The minimum atomic E-state index is -1.21. The normalized spacial score (nSPS) is 11.3. The molecule has 7 nitrogen and oxygen atoms in total. The summed E-state index contributed by atoms with van der Waals surface area (Å²) in [7, 11) is 0. The summed E-state index contributed by atoms with van der Waals surface area (Å²) >= 11 is 0. The summed E-state index contributed by atoms with van der Waals surface area (Å²) in [6.07, 6.45) is -0.834. The highest BCUT2D eigenvalue weighted by atomic mass is 16.5. The zero-order valence-electron chi connectivity index (χ0n) is 11.1. The molecule has 0 spiro atoms. The summed E-state index contributed by atoms with van der Waals surface area (Å²) in [6, 6.07) is 0. The smallest absolute Gasteiger partial charge is 0.152 e. The van der Waals surface area contributed by atoms with Gasteiger partial charge in [-0.3, -0.25) is 0 Å². The van der Waals surface area contributed by atoms with Crippen molar-refractivity contribution >= 4 is 0 Å².